The Morgan fingerprint density at radius 2 is 2.12 bits per heavy atom. The van der Waals surface area contributed by atoms with Crippen LogP contribution < -0.4 is 10.5 Å². The second kappa shape index (κ2) is 7.87. The smallest absolute Gasteiger partial charge is 0.254 e. The van der Waals surface area contributed by atoms with E-state index in [1.165, 1.54) is 11.8 Å². The molecule has 0 saturated heterocycles. The molecule has 0 bridgehead atoms. The molecule has 3 rings (SSSR count). The first-order valence-electron chi connectivity index (χ1n) is 8.70. The fourth-order valence-electron chi connectivity index (χ4n) is 3.16. The predicted molar refractivity (Wildman–Crippen MR) is 101 cm³/mol. The summed E-state index contributed by atoms with van der Waals surface area (Å²) in [6.45, 7) is 4.58. The number of aryl methyl sites for hydroxylation is 2. The molecule has 2 aromatic rings. The molecule has 1 heterocycles. The summed E-state index contributed by atoms with van der Waals surface area (Å²) in [4.78, 5) is 33.9. The van der Waals surface area contributed by atoms with Crippen molar-refractivity contribution in [1.29, 1.82) is 0 Å². The molecular formula is C19H23N3O2S. The summed E-state index contributed by atoms with van der Waals surface area (Å²) in [5, 5.41) is 0.541. The number of anilines is 1. The Labute approximate surface area is 151 Å². The van der Waals surface area contributed by atoms with E-state index in [0.717, 1.165) is 48.2 Å². The largest absolute Gasteiger partial charge is 0.312 e. The second-order valence-electron chi connectivity index (χ2n) is 6.27. The summed E-state index contributed by atoms with van der Waals surface area (Å²) in [6, 6.07) is 7.91. The van der Waals surface area contributed by atoms with E-state index < -0.39 is 0 Å². The monoisotopic (exact) mass is 357 g/mol. The summed E-state index contributed by atoms with van der Waals surface area (Å²) in [5.74, 6) is 0.266. The number of nitrogens with one attached hydrogen (secondary N) is 1. The Balaban J connectivity index is 1.71. The first-order chi connectivity index (χ1) is 12.1. The van der Waals surface area contributed by atoms with Crippen LogP contribution in [0.1, 0.15) is 36.6 Å². The molecule has 0 unspecified atom stereocenters. The zero-order valence-corrected chi connectivity index (χ0v) is 15.5. The Bertz CT molecular complexity index is 832. The number of aromatic amines is 1. The van der Waals surface area contributed by atoms with Crippen LogP contribution in [0.3, 0.4) is 0 Å². The number of hydrogen-bond acceptors (Lipinski definition) is 4. The van der Waals surface area contributed by atoms with Gasteiger partial charge in [-0.25, -0.2) is 4.98 Å². The van der Waals surface area contributed by atoms with Gasteiger partial charge in [0.2, 0.25) is 5.91 Å². The van der Waals surface area contributed by atoms with Crippen LogP contribution in [0, 0.1) is 6.92 Å². The van der Waals surface area contributed by atoms with E-state index in [1.54, 1.807) is 4.90 Å². The fourth-order valence-corrected chi connectivity index (χ4v) is 3.91. The van der Waals surface area contributed by atoms with Crippen LogP contribution in [-0.2, 0) is 17.6 Å². The Morgan fingerprint density at radius 3 is 2.88 bits per heavy atom. The molecule has 25 heavy (non-hydrogen) atoms. The van der Waals surface area contributed by atoms with Gasteiger partial charge in [0, 0.05) is 17.8 Å². The van der Waals surface area contributed by atoms with E-state index in [0.29, 0.717) is 11.7 Å². The van der Waals surface area contributed by atoms with Gasteiger partial charge in [-0.1, -0.05) is 23.9 Å². The average molecular weight is 357 g/mol. The third kappa shape index (κ3) is 4.12. The first kappa shape index (κ1) is 17.7. The second-order valence-corrected chi connectivity index (χ2v) is 7.23. The average Bonchev–Trinajstić information content (AvgIpc) is 2.61. The number of amides is 1. The molecule has 1 amide bonds. The third-order valence-electron chi connectivity index (χ3n) is 4.43. The van der Waals surface area contributed by atoms with E-state index in [-0.39, 0.29) is 17.2 Å². The standard InChI is InChI=1S/C19H23N3O2S/c1-3-22(14-8-6-7-13(2)11-14)17(23)12-25-19-20-16-10-5-4-9-15(16)18(24)21-19/h6-8,11H,3-5,9-10,12H2,1-2H3,(H,20,21,24). The lowest BCUT2D eigenvalue weighted by atomic mass is 9.97. The number of fused-ring (bicyclic) bond motifs is 1. The summed E-state index contributed by atoms with van der Waals surface area (Å²) >= 11 is 1.30. The first-order valence-corrected chi connectivity index (χ1v) is 9.69. The number of H-pyrrole nitrogens is 1. The SMILES string of the molecule is CCN(C(=O)CSc1nc2c(c(=O)[nH]1)CCCC2)c1cccc(C)c1. The molecule has 0 atom stereocenters. The van der Waals surface area contributed by atoms with Crippen LogP contribution in [0.2, 0.25) is 0 Å². The van der Waals surface area contributed by atoms with Gasteiger partial charge in [0.15, 0.2) is 5.16 Å². The maximum Gasteiger partial charge on any atom is 0.254 e. The van der Waals surface area contributed by atoms with Gasteiger partial charge in [-0.3, -0.25) is 9.59 Å². The summed E-state index contributed by atoms with van der Waals surface area (Å²) in [6.07, 6.45) is 3.78. The van der Waals surface area contributed by atoms with Gasteiger partial charge in [0.05, 0.1) is 11.4 Å². The highest BCUT2D eigenvalue weighted by Gasteiger charge is 2.18. The van der Waals surface area contributed by atoms with E-state index in [1.807, 2.05) is 38.1 Å². The highest BCUT2D eigenvalue weighted by Crippen LogP contribution is 2.21. The lowest BCUT2D eigenvalue weighted by Gasteiger charge is -2.21. The molecule has 0 spiro atoms. The van der Waals surface area contributed by atoms with Crippen molar-refractivity contribution in [3.05, 3.63) is 51.4 Å². The topological polar surface area (TPSA) is 66.1 Å². The number of benzene rings is 1. The van der Waals surface area contributed by atoms with Gasteiger partial charge in [-0.05, 0) is 57.2 Å². The Morgan fingerprint density at radius 1 is 1.32 bits per heavy atom. The van der Waals surface area contributed by atoms with Gasteiger partial charge < -0.3 is 9.88 Å². The highest BCUT2D eigenvalue weighted by molar-refractivity contribution is 7.99. The van der Waals surface area contributed by atoms with Crippen LogP contribution in [0.5, 0.6) is 0 Å². The van der Waals surface area contributed by atoms with Crippen LogP contribution in [0.4, 0.5) is 5.69 Å². The molecule has 0 radical (unpaired) electrons. The lowest BCUT2D eigenvalue weighted by Crippen LogP contribution is -2.32. The van der Waals surface area contributed by atoms with Gasteiger partial charge in [0.25, 0.3) is 5.56 Å². The number of aromatic nitrogens is 2. The van der Waals surface area contributed by atoms with Crippen molar-refractivity contribution in [3.63, 3.8) is 0 Å². The van der Waals surface area contributed by atoms with Gasteiger partial charge in [0.1, 0.15) is 0 Å². The molecule has 6 heteroatoms. The van der Waals surface area contributed by atoms with E-state index in [2.05, 4.69) is 9.97 Å². The molecule has 0 saturated carbocycles. The Hall–Kier alpha value is -2.08. The quantitative estimate of drug-likeness (QED) is 0.660. The molecule has 0 aliphatic heterocycles. The number of rotatable bonds is 5. The van der Waals surface area contributed by atoms with Crippen molar-refractivity contribution >= 4 is 23.4 Å². The normalized spacial score (nSPS) is 13.4. The minimum absolute atomic E-state index is 0.0125. The predicted octanol–water partition coefficient (Wildman–Crippen LogP) is 3.10. The summed E-state index contributed by atoms with van der Waals surface area (Å²) in [5.41, 5.74) is 3.69. The molecule has 1 aromatic carbocycles. The molecule has 0 fully saturated rings. The number of hydrogen-bond donors (Lipinski definition) is 1. The molecule has 1 aromatic heterocycles. The van der Waals surface area contributed by atoms with Crippen molar-refractivity contribution in [3.8, 4) is 0 Å². The third-order valence-corrected chi connectivity index (χ3v) is 5.29. The fraction of sp³-hybridized carbons (Fsp3) is 0.421. The van der Waals surface area contributed by atoms with Crippen molar-refractivity contribution < 1.29 is 4.79 Å². The Kier molecular flexibility index (Phi) is 5.58. The van der Waals surface area contributed by atoms with E-state index in [9.17, 15) is 9.59 Å². The minimum atomic E-state index is -0.0503. The maximum absolute atomic E-state index is 12.6. The maximum atomic E-state index is 12.6. The van der Waals surface area contributed by atoms with Crippen molar-refractivity contribution in [2.24, 2.45) is 0 Å². The van der Waals surface area contributed by atoms with Crippen LogP contribution in [0.15, 0.2) is 34.2 Å². The minimum Gasteiger partial charge on any atom is -0.312 e. The summed E-state index contributed by atoms with van der Waals surface area (Å²) < 4.78 is 0. The van der Waals surface area contributed by atoms with Crippen molar-refractivity contribution in [2.45, 2.75) is 44.7 Å². The zero-order chi connectivity index (χ0) is 17.8. The van der Waals surface area contributed by atoms with Crippen molar-refractivity contribution in [2.75, 3.05) is 17.2 Å². The van der Waals surface area contributed by atoms with Crippen LogP contribution >= 0.6 is 11.8 Å². The van der Waals surface area contributed by atoms with Gasteiger partial charge in [-0.2, -0.15) is 0 Å². The zero-order valence-electron chi connectivity index (χ0n) is 14.7. The highest BCUT2D eigenvalue weighted by atomic mass is 32.2. The number of carbonyl (C=O) groups is 1. The molecule has 1 aliphatic carbocycles. The van der Waals surface area contributed by atoms with Crippen LogP contribution in [0.25, 0.3) is 0 Å². The van der Waals surface area contributed by atoms with Gasteiger partial charge in [-0.15, -0.1) is 0 Å². The van der Waals surface area contributed by atoms with E-state index in [4.69, 9.17) is 0 Å². The summed E-state index contributed by atoms with van der Waals surface area (Å²) in [7, 11) is 0. The molecule has 132 valence electrons. The molecular weight excluding hydrogens is 334 g/mol. The molecule has 1 aliphatic rings. The molecule has 1 N–H and O–H groups in total. The van der Waals surface area contributed by atoms with Crippen LogP contribution in [-0.4, -0.2) is 28.2 Å². The lowest BCUT2D eigenvalue weighted by molar-refractivity contribution is -0.116. The number of carbonyl (C=O) groups excluding carboxylic acids is 1. The number of nitrogens with zero attached hydrogens (tertiary/aromatic N) is 2. The number of thioether (sulfide) groups is 1. The van der Waals surface area contributed by atoms with Crippen molar-refractivity contribution in [1.82, 2.24) is 9.97 Å². The molecule has 5 nitrogen and oxygen atoms in total. The van der Waals surface area contributed by atoms with Gasteiger partial charge >= 0.3 is 0 Å². The van der Waals surface area contributed by atoms with E-state index >= 15 is 0 Å².